The van der Waals surface area contributed by atoms with Gasteiger partial charge in [-0.3, -0.25) is 0 Å². The van der Waals surface area contributed by atoms with Gasteiger partial charge in [0.2, 0.25) is 6.79 Å². The van der Waals surface area contributed by atoms with E-state index in [-0.39, 0.29) is 18.9 Å². The smallest absolute Gasteiger partial charge is 0.315 e. The molecule has 0 spiro atoms. The van der Waals surface area contributed by atoms with E-state index in [2.05, 4.69) is 10.6 Å². The second kappa shape index (κ2) is 7.79. The van der Waals surface area contributed by atoms with Gasteiger partial charge in [0.25, 0.3) is 0 Å². The Morgan fingerprint density at radius 2 is 1.92 bits per heavy atom. The molecular weight excluding hydrogens is 320 g/mol. The van der Waals surface area contributed by atoms with Gasteiger partial charge in [-0.15, -0.1) is 0 Å². The van der Waals surface area contributed by atoms with Crippen LogP contribution < -0.4 is 24.8 Å². The molecule has 1 aliphatic heterocycles. The zero-order chi connectivity index (χ0) is 17.6. The van der Waals surface area contributed by atoms with Crippen LogP contribution in [0.5, 0.6) is 17.2 Å². The first-order valence-corrected chi connectivity index (χ1v) is 8.25. The van der Waals surface area contributed by atoms with Crippen molar-refractivity contribution >= 4 is 6.03 Å². The number of hydrogen-bond acceptors (Lipinski definition) is 4. The van der Waals surface area contributed by atoms with Crippen LogP contribution in [0.15, 0.2) is 42.5 Å². The van der Waals surface area contributed by atoms with Crippen molar-refractivity contribution in [3.05, 3.63) is 53.6 Å². The minimum Gasteiger partial charge on any atom is -0.492 e. The van der Waals surface area contributed by atoms with Crippen LogP contribution in [0.2, 0.25) is 0 Å². The van der Waals surface area contributed by atoms with E-state index in [0.717, 1.165) is 17.1 Å². The number of carbonyl (C=O) groups excluding carboxylic acids is 1. The number of ether oxygens (including phenoxy) is 3. The van der Waals surface area contributed by atoms with Crippen LogP contribution in [-0.4, -0.2) is 26.0 Å². The van der Waals surface area contributed by atoms with Crippen molar-refractivity contribution in [1.82, 2.24) is 10.6 Å². The van der Waals surface area contributed by atoms with Crippen molar-refractivity contribution in [2.24, 2.45) is 0 Å². The lowest BCUT2D eigenvalue weighted by atomic mass is 10.1. The summed E-state index contributed by atoms with van der Waals surface area (Å²) >= 11 is 0. The lowest BCUT2D eigenvalue weighted by molar-refractivity contribution is 0.174. The minimum absolute atomic E-state index is 0.146. The van der Waals surface area contributed by atoms with Gasteiger partial charge in [0.1, 0.15) is 12.4 Å². The summed E-state index contributed by atoms with van der Waals surface area (Å²) < 4.78 is 16.2. The molecule has 1 aliphatic rings. The first-order valence-electron chi connectivity index (χ1n) is 8.25. The summed E-state index contributed by atoms with van der Waals surface area (Å²) in [5.41, 5.74) is 2.14. The van der Waals surface area contributed by atoms with Crippen LogP contribution >= 0.6 is 0 Å². The van der Waals surface area contributed by atoms with E-state index in [1.807, 2.05) is 56.3 Å². The zero-order valence-electron chi connectivity index (χ0n) is 14.4. The number of urea groups is 1. The molecule has 0 radical (unpaired) electrons. The highest BCUT2D eigenvalue weighted by atomic mass is 16.7. The van der Waals surface area contributed by atoms with Gasteiger partial charge < -0.3 is 24.8 Å². The summed E-state index contributed by atoms with van der Waals surface area (Å²) in [6, 6.07) is 13.1. The lowest BCUT2D eigenvalue weighted by Gasteiger charge is -2.15. The van der Waals surface area contributed by atoms with Crippen LogP contribution in [0.25, 0.3) is 0 Å². The van der Waals surface area contributed by atoms with Gasteiger partial charge in [-0.1, -0.05) is 23.8 Å². The van der Waals surface area contributed by atoms with Gasteiger partial charge in [0.15, 0.2) is 11.5 Å². The van der Waals surface area contributed by atoms with Gasteiger partial charge in [-0.25, -0.2) is 4.79 Å². The first-order chi connectivity index (χ1) is 12.1. The molecule has 1 heterocycles. The van der Waals surface area contributed by atoms with Crippen molar-refractivity contribution in [3.63, 3.8) is 0 Å². The van der Waals surface area contributed by atoms with Crippen molar-refractivity contribution in [1.29, 1.82) is 0 Å². The Hall–Kier alpha value is -2.89. The molecule has 0 bridgehead atoms. The highest BCUT2D eigenvalue weighted by Crippen LogP contribution is 2.34. The van der Waals surface area contributed by atoms with Gasteiger partial charge in [-0.2, -0.15) is 0 Å². The molecule has 0 saturated heterocycles. The van der Waals surface area contributed by atoms with E-state index in [9.17, 15) is 4.79 Å². The Balaban J connectivity index is 1.40. The van der Waals surface area contributed by atoms with Crippen LogP contribution in [0.4, 0.5) is 4.79 Å². The molecule has 0 saturated carbocycles. The lowest BCUT2D eigenvalue weighted by Crippen LogP contribution is -2.38. The first kappa shape index (κ1) is 17.0. The Morgan fingerprint density at radius 3 is 2.72 bits per heavy atom. The summed E-state index contributed by atoms with van der Waals surface area (Å²) in [6.45, 7) is 5.02. The average molecular weight is 342 g/mol. The number of amides is 2. The van der Waals surface area contributed by atoms with Gasteiger partial charge in [0, 0.05) is 0 Å². The third-order valence-electron chi connectivity index (χ3n) is 3.92. The maximum atomic E-state index is 12.0. The third-order valence-corrected chi connectivity index (χ3v) is 3.92. The molecule has 0 aliphatic carbocycles. The molecule has 3 rings (SSSR count). The van der Waals surface area contributed by atoms with Crippen LogP contribution in [0.3, 0.4) is 0 Å². The van der Waals surface area contributed by atoms with Crippen LogP contribution in [-0.2, 0) is 0 Å². The Bertz CT molecular complexity index is 731. The van der Waals surface area contributed by atoms with E-state index in [4.69, 9.17) is 14.2 Å². The minimum atomic E-state index is -0.238. The quantitative estimate of drug-likeness (QED) is 0.791. The average Bonchev–Trinajstić information content (AvgIpc) is 3.08. The monoisotopic (exact) mass is 342 g/mol. The van der Waals surface area contributed by atoms with Crippen molar-refractivity contribution in [2.45, 2.75) is 19.9 Å². The molecule has 2 amide bonds. The molecule has 2 N–H and O–H groups in total. The molecule has 6 heteroatoms. The molecule has 0 fully saturated rings. The topological polar surface area (TPSA) is 68.8 Å². The Kier molecular flexibility index (Phi) is 5.28. The highest BCUT2D eigenvalue weighted by molar-refractivity contribution is 5.74. The van der Waals surface area contributed by atoms with E-state index < -0.39 is 0 Å². The third kappa shape index (κ3) is 4.56. The Morgan fingerprint density at radius 1 is 1.16 bits per heavy atom. The molecule has 1 unspecified atom stereocenters. The normalized spacial score (nSPS) is 13.2. The highest BCUT2D eigenvalue weighted by Gasteiger charge is 2.16. The van der Waals surface area contributed by atoms with E-state index >= 15 is 0 Å². The molecule has 6 nitrogen and oxygen atoms in total. The number of nitrogens with one attached hydrogen (secondary N) is 2. The summed E-state index contributed by atoms with van der Waals surface area (Å²) in [4.78, 5) is 12.0. The number of fused-ring (bicyclic) bond motifs is 1. The summed E-state index contributed by atoms with van der Waals surface area (Å²) in [5, 5.41) is 5.68. The Labute approximate surface area is 147 Å². The SMILES string of the molecule is Cc1ccc(OCCNC(=O)NC(C)c2ccc3c(c2)OCO3)cc1. The number of hydrogen-bond donors (Lipinski definition) is 2. The zero-order valence-corrected chi connectivity index (χ0v) is 14.4. The number of rotatable bonds is 6. The largest absolute Gasteiger partial charge is 0.492 e. The maximum Gasteiger partial charge on any atom is 0.315 e. The van der Waals surface area contributed by atoms with Gasteiger partial charge >= 0.3 is 6.03 Å². The number of carbonyl (C=O) groups is 1. The van der Waals surface area contributed by atoms with Crippen molar-refractivity contribution < 1.29 is 19.0 Å². The molecule has 25 heavy (non-hydrogen) atoms. The standard InChI is InChI=1S/C19H22N2O4/c1-13-3-6-16(7-4-13)23-10-9-20-19(22)21-14(2)15-5-8-17-18(11-15)25-12-24-17/h3-8,11,14H,9-10,12H2,1-2H3,(H2,20,21,22). The molecular formula is C19H22N2O4. The predicted molar refractivity (Wildman–Crippen MR) is 94.2 cm³/mol. The molecule has 1 atom stereocenters. The second-order valence-corrected chi connectivity index (χ2v) is 5.90. The maximum absolute atomic E-state index is 12.0. The number of aryl methyl sites for hydroxylation is 1. The van der Waals surface area contributed by atoms with Crippen LogP contribution in [0, 0.1) is 6.92 Å². The van der Waals surface area contributed by atoms with Gasteiger partial charge in [0.05, 0.1) is 12.6 Å². The fourth-order valence-electron chi connectivity index (χ4n) is 2.48. The van der Waals surface area contributed by atoms with Gasteiger partial charge in [-0.05, 0) is 43.7 Å². The molecule has 132 valence electrons. The fourth-order valence-corrected chi connectivity index (χ4v) is 2.48. The summed E-state index contributed by atoms with van der Waals surface area (Å²) in [6.07, 6.45) is 0. The van der Waals surface area contributed by atoms with Crippen LogP contribution in [0.1, 0.15) is 24.1 Å². The fraction of sp³-hybridized carbons (Fsp3) is 0.316. The summed E-state index contributed by atoms with van der Waals surface area (Å²) in [5.74, 6) is 2.23. The van der Waals surface area contributed by atoms with E-state index in [1.54, 1.807) is 0 Å². The second-order valence-electron chi connectivity index (χ2n) is 5.90. The van der Waals surface area contributed by atoms with E-state index in [0.29, 0.717) is 18.9 Å². The number of benzene rings is 2. The molecule has 2 aromatic rings. The predicted octanol–water partition coefficient (Wildman–Crippen LogP) is 3.16. The molecule has 0 aromatic heterocycles. The molecule has 2 aromatic carbocycles. The van der Waals surface area contributed by atoms with Crippen molar-refractivity contribution in [2.75, 3.05) is 19.9 Å². The summed E-state index contributed by atoms with van der Waals surface area (Å²) in [7, 11) is 0. The van der Waals surface area contributed by atoms with Crippen molar-refractivity contribution in [3.8, 4) is 17.2 Å². The van der Waals surface area contributed by atoms with E-state index in [1.165, 1.54) is 5.56 Å².